The first-order valence-electron chi connectivity index (χ1n) is 10.0. The van der Waals surface area contributed by atoms with Crippen LogP contribution in [0.2, 0.25) is 0 Å². The molecule has 0 saturated carbocycles. The van der Waals surface area contributed by atoms with Gasteiger partial charge in [0.15, 0.2) is 0 Å². The summed E-state index contributed by atoms with van der Waals surface area (Å²) in [5.74, 6) is 0.313. The molecule has 160 valence electrons. The minimum atomic E-state index is -3.98. The largest absolute Gasteiger partial charge is 0.361 e. The highest BCUT2D eigenvalue weighted by molar-refractivity contribution is 7.91. The Morgan fingerprint density at radius 1 is 1.03 bits per heavy atom. The van der Waals surface area contributed by atoms with Gasteiger partial charge in [0.05, 0.1) is 4.90 Å². The molecule has 5 aromatic rings. The van der Waals surface area contributed by atoms with Crippen molar-refractivity contribution in [3.63, 3.8) is 0 Å². The van der Waals surface area contributed by atoms with Crippen molar-refractivity contribution in [1.29, 1.82) is 0 Å². The van der Waals surface area contributed by atoms with Gasteiger partial charge in [-0.3, -0.25) is 9.36 Å². The van der Waals surface area contributed by atoms with Gasteiger partial charge in [-0.15, -0.1) is 0 Å². The molecule has 0 radical (unpaired) electrons. The van der Waals surface area contributed by atoms with Crippen LogP contribution in [-0.2, 0) is 16.4 Å². The van der Waals surface area contributed by atoms with Gasteiger partial charge in [-0.2, -0.15) is 4.98 Å². The van der Waals surface area contributed by atoms with E-state index >= 15 is 0 Å². The third-order valence-electron chi connectivity index (χ3n) is 5.26. The Balaban J connectivity index is 1.61. The van der Waals surface area contributed by atoms with Crippen LogP contribution in [0.5, 0.6) is 0 Å². The Hall–Kier alpha value is -3.98. The van der Waals surface area contributed by atoms with Crippen molar-refractivity contribution in [2.45, 2.75) is 23.3 Å². The molecule has 3 heterocycles. The molecule has 8 nitrogen and oxygen atoms in total. The summed E-state index contributed by atoms with van der Waals surface area (Å²) < 4.78 is 27.5. The summed E-state index contributed by atoms with van der Waals surface area (Å²) in [4.78, 5) is 24.9. The summed E-state index contributed by atoms with van der Waals surface area (Å²) in [6.45, 7) is 2.04. The van der Waals surface area contributed by atoms with E-state index in [1.807, 2.05) is 30.5 Å². The number of nitrogens with one attached hydrogen (secondary N) is 2. The molecular formula is C23H19N5O3S. The van der Waals surface area contributed by atoms with Gasteiger partial charge in [0.1, 0.15) is 10.5 Å². The van der Waals surface area contributed by atoms with Crippen molar-refractivity contribution < 1.29 is 8.42 Å². The van der Waals surface area contributed by atoms with Crippen LogP contribution in [0.15, 0.2) is 87.6 Å². The van der Waals surface area contributed by atoms with E-state index in [4.69, 9.17) is 0 Å². The number of aromatic nitrogens is 4. The van der Waals surface area contributed by atoms with E-state index in [1.54, 1.807) is 25.1 Å². The predicted octanol–water partition coefficient (Wildman–Crippen LogP) is 3.87. The van der Waals surface area contributed by atoms with Crippen molar-refractivity contribution in [3.05, 3.63) is 83.4 Å². The van der Waals surface area contributed by atoms with Gasteiger partial charge in [0.25, 0.3) is 5.56 Å². The third-order valence-corrected chi connectivity index (χ3v) is 7.03. The van der Waals surface area contributed by atoms with Gasteiger partial charge in [0.2, 0.25) is 15.8 Å². The van der Waals surface area contributed by atoms with Crippen LogP contribution < -0.4 is 10.9 Å². The monoisotopic (exact) mass is 445 g/mol. The fourth-order valence-electron chi connectivity index (χ4n) is 3.67. The second-order valence-corrected chi connectivity index (χ2v) is 9.17. The average molecular weight is 446 g/mol. The number of anilines is 2. The Labute approximate surface area is 183 Å². The molecule has 2 N–H and O–H groups in total. The number of sulfone groups is 1. The fraction of sp³-hybridized carbons (Fsp3) is 0.0870. The second kappa shape index (κ2) is 7.61. The zero-order chi connectivity index (χ0) is 22.3. The molecule has 0 bridgehead atoms. The fourth-order valence-corrected chi connectivity index (χ4v) is 5.06. The molecule has 5 rings (SSSR count). The van der Waals surface area contributed by atoms with Crippen molar-refractivity contribution in [3.8, 4) is 0 Å². The Bertz CT molecular complexity index is 1620. The molecule has 0 aliphatic carbocycles. The van der Waals surface area contributed by atoms with Crippen molar-refractivity contribution in [1.82, 2.24) is 19.5 Å². The van der Waals surface area contributed by atoms with Crippen LogP contribution in [0.1, 0.15) is 6.92 Å². The summed E-state index contributed by atoms with van der Waals surface area (Å²) >= 11 is 0. The van der Waals surface area contributed by atoms with Crippen molar-refractivity contribution >= 4 is 43.4 Å². The molecule has 0 aliphatic heterocycles. The molecule has 0 spiro atoms. The molecule has 0 atom stereocenters. The minimum Gasteiger partial charge on any atom is -0.361 e. The first kappa shape index (κ1) is 20.0. The van der Waals surface area contributed by atoms with Crippen LogP contribution in [-0.4, -0.2) is 27.9 Å². The van der Waals surface area contributed by atoms with Gasteiger partial charge in [-0.25, -0.2) is 13.4 Å². The summed E-state index contributed by atoms with van der Waals surface area (Å²) in [5.41, 5.74) is 1.57. The van der Waals surface area contributed by atoms with Gasteiger partial charge in [-0.1, -0.05) is 18.2 Å². The quantitative estimate of drug-likeness (QED) is 0.425. The van der Waals surface area contributed by atoms with Gasteiger partial charge in [0, 0.05) is 40.9 Å². The van der Waals surface area contributed by atoms with E-state index in [9.17, 15) is 13.2 Å². The second-order valence-electron chi connectivity index (χ2n) is 7.25. The number of hydrogen-bond acceptors (Lipinski definition) is 6. The molecular weight excluding hydrogens is 426 g/mol. The zero-order valence-corrected chi connectivity index (χ0v) is 17.9. The first-order chi connectivity index (χ1) is 15.5. The van der Waals surface area contributed by atoms with Gasteiger partial charge >= 0.3 is 0 Å². The van der Waals surface area contributed by atoms with E-state index in [1.165, 1.54) is 29.0 Å². The molecule has 3 aromatic heterocycles. The lowest BCUT2D eigenvalue weighted by molar-refractivity contribution is 0.592. The Morgan fingerprint density at radius 2 is 1.84 bits per heavy atom. The lowest BCUT2D eigenvalue weighted by Crippen LogP contribution is -2.26. The molecule has 9 heteroatoms. The molecule has 0 unspecified atom stereocenters. The van der Waals surface area contributed by atoms with Gasteiger partial charge in [-0.05, 0) is 49.4 Å². The molecule has 0 fully saturated rings. The maximum atomic E-state index is 13.1. The highest BCUT2D eigenvalue weighted by atomic mass is 32.2. The lowest BCUT2D eigenvalue weighted by atomic mass is 10.2. The minimum absolute atomic E-state index is 0.0680. The molecule has 32 heavy (non-hydrogen) atoms. The Kier molecular flexibility index (Phi) is 4.75. The molecule has 0 amide bonds. The normalized spacial score (nSPS) is 11.8. The summed E-state index contributed by atoms with van der Waals surface area (Å²) in [5, 5.41) is 4.65. The molecule has 2 aromatic carbocycles. The lowest BCUT2D eigenvalue weighted by Gasteiger charge is -2.12. The highest BCUT2D eigenvalue weighted by Crippen LogP contribution is 2.23. The third kappa shape index (κ3) is 3.32. The highest BCUT2D eigenvalue weighted by Gasteiger charge is 2.24. The van der Waals surface area contributed by atoms with Crippen molar-refractivity contribution in [2.24, 2.45) is 0 Å². The molecule has 0 saturated heterocycles. The number of rotatable bonds is 5. The van der Waals surface area contributed by atoms with E-state index in [2.05, 4.69) is 20.3 Å². The smallest absolute Gasteiger partial charge is 0.271 e. The number of fused-ring (bicyclic) bond motifs is 2. The summed E-state index contributed by atoms with van der Waals surface area (Å²) in [6, 6.07) is 17.0. The molecule has 0 aliphatic rings. The Morgan fingerprint density at radius 3 is 2.62 bits per heavy atom. The van der Waals surface area contributed by atoms with E-state index < -0.39 is 15.4 Å². The number of aromatic amines is 1. The van der Waals surface area contributed by atoms with E-state index in [-0.39, 0.29) is 16.3 Å². The van der Waals surface area contributed by atoms with E-state index in [0.717, 1.165) is 16.6 Å². The van der Waals surface area contributed by atoms with Crippen LogP contribution in [0.25, 0.3) is 21.9 Å². The van der Waals surface area contributed by atoms with Crippen molar-refractivity contribution in [2.75, 3.05) is 5.32 Å². The number of nitrogens with zero attached hydrogens (tertiary/aromatic N) is 3. The number of aryl methyl sites for hydroxylation is 1. The SMILES string of the molecule is CCn1c(=O)c(S(=O)(=O)c2ccccc2)cc2cnc(Nc3ccc4[nH]ccc4c3)nc21. The summed E-state index contributed by atoms with van der Waals surface area (Å²) in [7, 11) is -3.98. The topological polar surface area (TPSA) is 110 Å². The van der Waals surface area contributed by atoms with E-state index in [0.29, 0.717) is 17.0 Å². The zero-order valence-electron chi connectivity index (χ0n) is 17.1. The maximum Gasteiger partial charge on any atom is 0.271 e. The average Bonchev–Trinajstić information content (AvgIpc) is 3.27. The number of H-pyrrole nitrogens is 1. The predicted molar refractivity (Wildman–Crippen MR) is 123 cm³/mol. The van der Waals surface area contributed by atoms with Crippen LogP contribution in [0.3, 0.4) is 0 Å². The number of benzene rings is 2. The summed E-state index contributed by atoms with van der Waals surface area (Å²) in [6.07, 6.45) is 3.39. The number of hydrogen-bond donors (Lipinski definition) is 2. The van der Waals surface area contributed by atoms with Gasteiger partial charge < -0.3 is 10.3 Å². The number of pyridine rings is 1. The standard InChI is InChI=1S/C23H19N5O3S/c1-2-28-21-16(13-20(22(28)29)32(30,31)18-6-4-3-5-7-18)14-25-23(27-21)26-17-8-9-19-15(12-17)10-11-24-19/h3-14,24H,2H2,1H3,(H,25,26,27). The van der Waals surface area contributed by atoms with Crippen LogP contribution >= 0.6 is 0 Å². The maximum absolute atomic E-state index is 13.1. The first-order valence-corrected chi connectivity index (χ1v) is 11.5. The van der Waals surface area contributed by atoms with Crippen LogP contribution in [0, 0.1) is 0 Å². The van der Waals surface area contributed by atoms with Crippen LogP contribution in [0.4, 0.5) is 11.6 Å².